The molecule has 136 valence electrons. The lowest BCUT2D eigenvalue weighted by molar-refractivity contribution is -0.115. The summed E-state index contributed by atoms with van der Waals surface area (Å²) in [5.41, 5.74) is 2.38. The molecule has 1 amide bonds. The summed E-state index contributed by atoms with van der Waals surface area (Å²) in [4.78, 5) is 20.3. The van der Waals surface area contributed by atoms with E-state index in [1.165, 1.54) is 11.8 Å². The van der Waals surface area contributed by atoms with Gasteiger partial charge in [-0.3, -0.25) is 4.79 Å². The van der Waals surface area contributed by atoms with Crippen molar-refractivity contribution in [1.29, 1.82) is 0 Å². The maximum absolute atomic E-state index is 12.5. The van der Waals surface area contributed by atoms with Gasteiger partial charge >= 0.3 is 0 Å². The molecular weight excluding hydrogens is 350 g/mol. The topological polar surface area (TPSA) is 76.2 Å². The van der Waals surface area contributed by atoms with E-state index < -0.39 is 0 Å². The van der Waals surface area contributed by atoms with E-state index in [0.717, 1.165) is 16.8 Å². The minimum atomic E-state index is -0.327. The van der Waals surface area contributed by atoms with Gasteiger partial charge in [-0.15, -0.1) is 0 Å². The van der Waals surface area contributed by atoms with Crippen molar-refractivity contribution in [2.24, 2.45) is 0 Å². The van der Waals surface area contributed by atoms with Crippen LogP contribution in [0.3, 0.4) is 0 Å². The van der Waals surface area contributed by atoms with Crippen LogP contribution in [0.4, 0.5) is 5.69 Å². The van der Waals surface area contributed by atoms with Gasteiger partial charge in [-0.1, -0.05) is 23.9 Å². The number of nitrogens with zero attached hydrogens (tertiary/aromatic N) is 1. The minimum absolute atomic E-state index is 0.111. The molecular formula is C19H21N3O3S. The third-order valence-electron chi connectivity index (χ3n) is 3.77. The van der Waals surface area contributed by atoms with Gasteiger partial charge in [-0.2, -0.15) is 0 Å². The summed E-state index contributed by atoms with van der Waals surface area (Å²) in [6.45, 7) is 4.30. The minimum Gasteiger partial charge on any atom is -0.497 e. The lowest BCUT2D eigenvalue weighted by atomic mass is 10.3. The van der Waals surface area contributed by atoms with E-state index in [2.05, 4.69) is 15.3 Å². The fourth-order valence-electron chi connectivity index (χ4n) is 2.45. The Morgan fingerprint density at radius 2 is 2.12 bits per heavy atom. The van der Waals surface area contributed by atoms with Gasteiger partial charge in [0.25, 0.3) is 0 Å². The van der Waals surface area contributed by atoms with Crippen LogP contribution in [0.5, 0.6) is 11.5 Å². The van der Waals surface area contributed by atoms with Crippen LogP contribution in [-0.4, -0.2) is 34.8 Å². The molecule has 0 saturated heterocycles. The summed E-state index contributed by atoms with van der Waals surface area (Å²) in [5.74, 6) is 1.31. The monoisotopic (exact) mass is 371 g/mol. The van der Waals surface area contributed by atoms with Crippen molar-refractivity contribution in [2.75, 3.05) is 19.0 Å². The van der Waals surface area contributed by atoms with Crippen LogP contribution in [0.25, 0.3) is 11.0 Å². The van der Waals surface area contributed by atoms with Crippen LogP contribution in [0, 0.1) is 0 Å². The number of H-pyrrole nitrogens is 1. The van der Waals surface area contributed by atoms with E-state index >= 15 is 0 Å². The second kappa shape index (κ2) is 8.14. The molecule has 0 aliphatic heterocycles. The van der Waals surface area contributed by atoms with Gasteiger partial charge in [-0.05, 0) is 38.1 Å². The van der Waals surface area contributed by atoms with E-state index in [1.807, 2.05) is 56.3 Å². The van der Waals surface area contributed by atoms with Crippen LogP contribution < -0.4 is 14.8 Å². The zero-order valence-corrected chi connectivity index (χ0v) is 15.7. The van der Waals surface area contributed by atoms with Gasteiger partial charge in [0.1, 0.15) is 11.5 Å². The highest BCUT2D eigenvalue weighted by molar-refractivity contribution is 8.00. The summed E-state index contributed by atoms with van der Waals surface area (Å²) >= 11 is 1.37. The Bertz CT molecular complexity index is 910. The molecule has 7 heteroatoms. The number of hydrogen-bond donors (Lipinski definition) is 2. The van der Waals surface area contributed by atoms with Crippen LogP contribution in [0.1, 0.15) is 13.8 Å². The van der Waals surface area contributed by atoms with Crippen molar-refractivity contribution in [3.05, 3.63) is 42.5 Å². The summed E-state index contributed by atoms with van der Waals surface area (Å²) in [5, 5.41) is 3.28. The van der Waals surface area contributed by atoms with E-state index in [9.17, 15) is 4.79 Å². The number of carbonyl (C=O) groups is 1. The number of anilines is 1. The molecule has 1 unspecified atom stereocenters. The van der Waals surface area contributed by atoms with E-state index in [0.29, 0.717) is 23.2 Å². The van der Waals surface area contributed by atoms with Gasteiger partial charge in [0.15, 0.2) is 5.16 Å². The van der Waals surface area contributed by atoms with Gasteiger partial charge in [0.05, 0.1) is 35.7 Å². The molecule has 0 radical (unpaired) electrons. The predicted octanol–water partition coefficient (Wildman–Crippen LogP) is 4.09. The number of fused-ring (bicyclic) bond motifs is 1. The van der Waals surface area contributed by atoms with Crippen LogP contribution in [0.2, 0.25) is 0 Å². The molecule has 0 bridgehead atoms. The van der Waals surface area contributed by atoms with E-state index in [-0.39, 0.29) is 11.2 Å². The Balaban J connectivity index is 1.69. The van der Waals surface area contributed by atoms with Gasteiger partial charge < -0.3 is 19.8 Å². The molecule has 2 N–H and O–H groups in total. The highest BCUT2D eigenvalue weighted by atomic mass is 32.2. The molecule has 0 fully saturated rings. The van der Waals surface area contributed by atoms with Gasteiger partial charge in [0, 0.05) is 6.07 Å². The number of aromatic nitrogens is 2. The number of rotatable bonds is 7. The lowest BCUT2D eigenvalue weighted by Gasteiger charge is -2.14. The highest BCUT2D eigenvalue weighted by Gasteiger charge is 2.18. The molecule has 0 aliphatic carbocycles. The normalized spacial score (nSPS) is 12.0. The first-order chi connectivity index (χ1) is 12.6. The van der Waals surface area contributed by atoms with Crippen molar-refractivity contribution in [3.8, 4) is 11.5 Å². The fraction of sp³-hybridized carbons (Fsp3) is 0.263. The fourth-order valence-corrected chi connectivity index (χ4v) is 3.28. The first kappa shape index (κ1) is 18.1. The largest absolute Gasteiger partial charge is 0.497 e. The summed E-state index contributed by atoms with van der Waals surface area (Å²) in [6, 6.07) is 13.0. The van der Waals surface area contributed by atoms with E-state index in [4.69, 9.17) is 9.47 Å². The Morgan fingerprint density at radius 1 is 1.31 bits per heavy atom. The van der Waals surface area contributed by atoms with Crippen molar-refractivity contribution < 1.29 is 14.3 Å². The van der Waals surface area contributed by atoms with Crippen LogP contribution in [0.15, 0.2) is 47.6 Å². The second-order valence-corrected chi connectivity index (χ2v) is 6.93. The number of amides is 1. The number of aromatic amines is 1. The Hall–Kier alpha value is -2.67. The predicted molar refractivity (Wildman–Crippen MR) is 104 cm³/mol. The molecule has 3 aromatic rings. The average Bonchev–Trinajstić information content (AvgIpc) is 3.04. The molecule has 1 aromatic heterocycles. The number of benzene rings is 2. The standard InChI is InChI=1S/C19H21N3O3S/c1-4-25-17-8-6-5-7-15(17)20-18(23)12(2)26-19-21-14-10-9-13(24-3)11-16(14)22-19/h5-12H,4H2,1-3H3,(H,20,23)(H,21,22). The van der Waals surface area contributed by atoms with Crippen molar-refractivity contribution in [1.82, 2.24) is 9.97 Å². The number of hydrogen-bond acceptors (Lipinski definition) is 5. The molecule has 0 saturated carbocycles. The van der Waals surface area contributed by atoms with Crippen molar-refractivity contribution in [3.63, 3.8) is 0 Å². The quantitative estimate of drug-likeness (QED) is 0.612. The molecule has 6 nitrogen and oxygen atoms in total. The highest BCUT2D eigenvalue weighted by Crippen LogP contribution is 2.28. The maximum atomic E-state index is 12.5. The summed E-state index contributed by atoms with van der Waals surface area (Å²) < 4.78 is 10.8. The number of nitrogens with one attached hydrogen (secondary N) is 2. The van der Waals surface area contributed by atoms with Crippen LogP contribution in [-0.2, 0) is 4.79 Å². The Labute approximate surface area is 156 Å². The third-order valence-corrected chi connectivity index (χ3v) is 4.75. The zero-order valence-electron chi connectivity index (χ0n) is 14.9. The molecule has 1 atom stereocenters. The lowest BCUT2D eigenvalue weighted by Crippen LogP contribution is -2.22. The molecule has 3 rings (SSSR count). The van der Waals surface area contributed by atoms with E-state index in [1.54, 1.807) is 7.11 Å². The van der Waals surface area contributed by atoms with Crippen molar-refractivity contribution in [2.45, 2.75) is 24.3 Å². The molecule has 0 spiro atoms. The smallest absolute Gasteiger partial charge is 0.237 e. The summed E-state index contributed by atoms with van der Waals surface area (Å²) in [7, 11) is 1.62. The SMILES string of the molecule is CCOc1ccccc1NC(=O)C(C)Sc1nc2ccc(OC)cc2[nH]1. The average molecular weight is 371 g/mol. The number of thioether (sulfide) groups is 1. The molecule has 26 heavy (non-hydrogen) atoms. The molecule has 2 aromatic carbocycles. The number of imidazole rings is 1. The number of carbonyl (C=O) groups excluding carboxylic acids is 1. The van der Waals surface area contributed by atoms with Crippen molar-refractivity contribution >= 4 is 34.4 Å². The first-order valence-corrected chi connectivity index (χ1v) is 9.21. The summed E-state index contributed by atoms with van der Waals surface area (Å²) in [6.07, 6.45) is 0. The number of methoxy groups -OCH3 is 1. The molecule has 1 heterocycles. The van der Waals surface area contributed by atoms with Gasteiger partial charge in [0.2, 0.25) is 5.91 Å². The first-order valence-electron chi connectivity index (χ1n) is 8.33. The van der Waals surface area contributed by atoms with Gasteiger partial charge in [-0.25, -0.2) is 4.98 Å². The number of ether oxygens (including phenoxy) is 2. The Morgan fingerprint density at radius 3 is 2.88 bits per heavy atom. The zero-order chi connectivity index (χ0) is 18.5. The van der Waals surface area contributed by atoms with Crippen LogP contribution >= 0.6 is 11.8 Å². The maximum Gasteiger partial charge on any atom is 0.237 e. The Kier molecular flexibility index (Phi) is 5.68. The molecule has 0 aliphatic rings. The second-order valence-electron chi connectivity index (χ2n) is 5.60. The third kappa shape index (κ3) is 4.11. The number of para-hydroxylation sites is 2.